The molecule has 100 valence electrons. The number of alkyl halides is 1. The smallest absolute Gasteiger partial charge is 0.126 e. The largest absolute Gasteiger partial charge is 0.207 e. The summed E-state index contributed by atoms with van der Waals surface area (Å²) < 4.78 is 26.5. The first-order chi connectivity index (χ1) is 8.88. The molecule has 0 fully saturated rings. The monoisotopic (exact) mass is 280 g/mol. The lowest BCUT2D eigenvalue weighted by Crippen LogP contribution is -2.01. The Kier molecular flexibility index (Phi) is 3.91. The maximum Gasteiger partial charge on any atom is 0.126 e. The molecule has 2 rings (SSSR count). The lowest BCUT2D eigenvalue weighted by atomic mass is 9.94. The van der Waals surface area contributed by atoms with Gasteiger partial charge in [0.15, 0.2) is 0 Å². The van der Waals surface area contributed by atoms with Crippen LogP contribution in [0.25, 0.3) is 0 Å². The first kappa shape index (κ1) is 14.0. The summed E-state index contributed by atoms with van der Waals surface area (Å²) in [5.41, 5.74) is 4.56. The SMILES string of the molecule is Cc1cc(C)c(C(Cl)c2cc(F)cc(F)c2)c(C)c1. The summed E-state index contributed by atoms with van der Waals surface area (Å²) in [6.45, 7) is 5.93. The third-order valence-corrected chi connectivity index (χ3v) is 3.64. The number of aryl methyl sites for hydroxylation is 3. The molecule has 0 aliphatic carbocycles. The zero-order chi connectivity index (χ0) is 14.2. The molecule has 0 aliphatic rings. The van der Waals surface area contributed by atoms with Crippen LogP contribution in [0.3, 0.4) is 0 Å². The van der Waals surface area contributed by atoms with Crippen LogP contribution in [0.5, 0.6) is 0 Å². The third kappa shape index (κ3) is 2.95. The fourth-order valence-electron chi connectivity index (χ4n) is 2.48. The molecular formula is C16H15ClF2. The Morgan fingerprint density at radius 1 is 0.842 bits per heavy atom. The normalized spacial score (nSPS) is 12.5. The van der Waals surface area contributed by atoms with Crippen LogP contribution in [0.4, 0.5) is 8.78 Å². The van der Waals surface area contributed by atoms with Gasteiger partial charge in [0.05, 0.1) is 5.38 Å². The zero-order valence-electron chi connectivity index (χ0n) is 11.1. The van der Waals surface area contributed by atoms with Crippen molar-refractivity contribution in [2.45, 2.75) is 26.1 Å². The minimum absolute atomic E-state index is 0.439. The van der Waals surface area contributed by atoms with Crippen LogP contribution < -0.4 is 0 Å². The van der Waals surface area contributed by atoms with E-state index in [0.29, 0.717) is 5.56 Å². The van der Waals surface area contributed by atoms with Gasteiger partial charge in [-0.1, -0.05) is 17.7 Å². The molecule has 0 spiro atoms. The highest BCUT2D eigenvalue weighted by molar-refractivity contribution is 6.22. The quantitative estimate of drug-likeness (QED) is 0.662. The van der Waals surface area contributed by atoms with Crippen molar-refractivity contribution in [1.82, 2.24) is 0 Å². The van der Waals surface area contributed by atoms with Crippen LogP contribution in [0.15, 0.2) is 30.3 Å². The van der Waals surface area contributed by atoms with E-state index in [-0.39, 0.29) is 0 Å². The van der Waals surface area contributed by atoms with Gasteiger partial charge in [0.1, 0.15) is 11.6 Å². The second kappa shape index (κ2) is 5.30. The van der Waals surface area contributed by atoms with Crippen molar-refractivity contribution in [3.8, 4) is 0 Å². The van der Waals surface area contributed by atoms with Crippen molar-refractivity contribution < 1.29 is 8.78 Å². The minimum Gasteiger partial charge on any atom is -0.207 e. The van der Waals surface area contributed by atoms with Crippen molar-refractivity contribution in [3.05, 3.63) is 69.8 Å². The molecule has 0 amide bonds. The molecule has 0 aliphatic heterocycles. The van der Waals surface area contributed by atoms with Gasteiger partial charge in [0.2, 0.25) is 0 Å². The molecule has 19 heavy (non-hydrogen) atoms. The maximum absolute atomic E-state index is 13.3. The zero-order valence-corrected chi connectivity index (χ0v) is 11.9. The van der Waals surface area contributed by atoms with Crippen LogP contribution in [-0.4, -0.2) is 0 Å². The van der Waals surface area contributed by atoms with Crippen LogP contribution in [0.1, 0.15) is 33.2 Å². The number of hydrogen-bond donors (Lipinski definition) is 0. The number of hydrogen-bond acceptors (Lipinski definition) is 0. The molecule has 0 bridgehead atoms. The van der Waals surface area contributed by atoms with E-state index in [1.165, 1.54) is 12.1 Å². The Morgan fingerprint density at radius 3 is 1.79 bits per heavy atom. The van der Waals surface area contributed by atoms with E-state index in [4.69, 9.17) is 11.6 Å². The van der Waals surface area contributed by atoms with E-state index in [0.717, 1.165) is 28.3 Å². The van der Waals surface area contributed by atoms with E-state index in [2.05, 4.69) is 0 Å². The summed E-state index contributed by atoms with van der Waals surface area (Å²) in [6.07, 6.45) is 0. The molecule has 0 aromatic heterocycles. The van der Waals surface area contributed by atoms with E-state index < -0.39 is 17.0 Å². The lowest BCUT2D eigenvalue weighted by molar-refractivity contribution is 0.580. The Labute approximate surface area is 117 Å². The number of rotatable bonds is 2. The number of benzene rings is 2. The Hall–Kier alpha value is -1.41. The molecule has 0 nitrogen and oxygen atoms in total. The van der Waals surface area contributed by atoms with E-state index >= 15 is 0 Å². The van der Waals surface area contributed by atoms with E-state index in [1.54, 1.807) is 0 Å². The van der Waals surface area contributed by atoms with Gasteiger partial charge in [-0.2, -0.15) is 0 Å². The van der Waals surface area contributed by atoms with E-state index in [1.807, 2.05) is 32.9 Å². The van der Waals surface area contributed by atoms with Gasteiger partial charge in [-0.3, -0.25) is 0 Å². The summed E-state index contributed by atoms with van der Waals surface area (Å²) in [6, 6.07) is 7.45. The predicted octanol–water partition coefficient (Wildman–Crippen LogP) is 5.22. The van der Waals surface area contributed by atoms with Gasteiger partial charge in [-0.15, -0.1) is 11.6 Å². The molecule has 1 atom stereocenters. The minimum atomic E-state index is -0.608. The molecular weight excluding hydrogens is 266 g/mol. The number of halogens is 3. The Morgan fingerprint density at radius 2 is 1.32 bits per heavy atom. The third-order valence-electron chi connectivity index (χ3n) is 3.17. The molecule has 0 saturated carbocycles. The average Bonchev–Trinajstić information content (AvgIpc) is 2.25. The molecule has 3 heteroatoms. The summed E-state index contributed by atoms with van der Waals surface area (Å²) in [5, 5.41) is -0.550. The molecule has 2 aromatic carbocycles. The molecule has 0 heterocycles. The fraction of sp³-hybridized carbons (Fsp3) is 0.250. The van der Waals surface area contributed by atoms with Gasteiger partial charge in [-0.25, -0.2) is 8.78 Å². The molecule has 1 unspecified atom stereocenters. The topological polar surface area (TPSA) is 0 Å². The summed E-state index contributed by atoms with van der Waals surface area (Å²) in [7, 11) is 0. The molecule has 0 radical (unpaired) electrons. The standard InChI is InChI=1S/C16H15ClF2/c1-9-4-10(2)15(11(3)5-9)16(17)12-6-13(18)8-14(19)7-12/h4-8,16H,1-3H3. The Balaban J connectivity index is 2.52. The van der Waals surface area contributed by atoms with Crippen molar-refractivity contribution >= 4 is 11.6 Å². The van der Waals surface area contributed by atoms with Gasteiger partial charge in [0.25, 0.3) is 0 Å². The van der Waals surface area contributed by atoms with Gasteiger partial charge in [0, 0.05) is 6.07 Å². The highest BCUT2D eigenvalue weighted by Gasteiger charge is 2.17. The van der Waals surface area contributed by atoms with Crippen LogP contribution >= 0.6 is 11.6 Å². The van der Waals surface area contributed by atoms with Gasteiger partial charge < -0.3 is 0 Å². The highest BCUT2D eigenvalue weighted by atomic mass is 35.5. The van der Waals surface area contributed by atoms with E-state index in [9.17, 15) is 8.78 Å². The fourth-order valence-corrected chi connectivity index (χ4v) is 2.95. The maximum atomic E-state index is 13.3. The van der Waals surface area contributed by atoms with Crippen LogP contribution in [-0.2, 0) is 0 Å². The lowest BCUT2D eigenvalue weighted by Gasteiger charge is -2.17. The second-order valence-corrected chi connectivity index (χ2v) is 5.31. The van der Waals surface area contributed by atoms with Crippen LogP contribution in [0, 0.1) is 32.4 Å². The van der Waals surface area contributed by atoms with Gasteiger partial charge >= 0.3 is 0 Å². The molecule has 0 saturated heterocycles. The van der Waals surface area contributed by atoms with Gasteiger partial charge in [-0.05, 0) is 55.2 Å². The van der Waals surface area contributed by atoms with Crippen molar-refractivity contribution in [3.63, 3.8) is 0 Å². The highest BCUT2D eigenvalue weighted by Crippen LogP contribution is 2.34. The van der Waals surface area contributed by atoms with Crippen molar-refractivity contribution in [2.24, 2.45) is 0 Å². The summed E-state index contributed by atoms with van der Waals surface area (Å²) in [4.78, 5) is 0. The van der Waals surface area contributed by atoms with Crippen molar-refractivity contribution in [1.29, 1.82) is 0 Å². The molecule has 0 N–H and O–H groups in total. The Bertz CT molecular complexity index is 577. The summed E-state index contributed by atoms with van der Waals surface area (Å²) >= 11 is 6.41. The first-order valence-corrected chi connectivity index (χ1v) is 6.50. The summed E-state index contributed by atoms with van der Waals surface area (Å²) in [5.74, 6) is -1.22. The average molecular weight is 281 g/mol. The first-order valence-electron chi connectivity index (χ1n) is 6.06. The molecule has 2 aromatic rings. The predicted molar refractivity (Wildman–Crippen MR) is 74.7 cm³/mol. The van der Waals surface area contributed by atoms with Crippen LogP contribution in [0.2, 0.25) is 0 Å². The second-order valence-electron chi connectivity index (χ2n) is 4.88. The van der Waals surface area contributed by atoms with Crippen molar-refractivity contribution in [2.75, 3.05) is 0 Å².